The normalized spacial score (nSPS) is 13.7. The largest absolute Gasteiger partial charge is 0.493 e. The van der Waals surface area contributed by atoms with Gasteiger partial charge in [0, 0.05) is 11.1 Å². The number of fused-ring (bicyclic) bond motifs is 1. The lowest BCUT2D eigenvalue weighted by Crippen LogP contribution is -2.11. The lowest BCUT2D eigenvalue weighted by atomic mass is 9.92. The number of aryl methyl sites for hydroxylation is 1. The first kappa shape index (κ1) is 14.7. The molecule has 0 radical (unpaired) electrons. The lowest BCUT2D eigenvalue weighted by molar-refractivity contribution is 0.289. The number of halogens is 3. The van der Waals surface area contributed by atoms with Crippen LogP contribution in [0.5, 0.6) is 5.75 Å². The SMILES string of the molecule is CCc1ccc(-c2c(Cl)cc(F)cc2Cl)c2c1CCCO2. The highest BCUT2D eigenvalue weighted by atomic mass is 35.5. The van der Waals surface area contributed by atoms with E-state index < -0.39 is 5.82 Å². The molecule has 0 amide bonds. The van der Waals surface area contributed by atoms with E-state index in [-0.39, 0.29) is 0 Å². The van der Waals surface area contributed by atoms with Gasteiger partial charge < -0.3 is 4.74 Å². The highest BCUT2D eigenvalue weighted by Gasteiger charge is 2.22. The van der Waals surface area contributed by atoms with E-state index in [1.165, 1.54) is 23.3 Å². The second-order valence-electron chi connectivity index (χ2n) is 5.13. The van der Waals surface area contributed by atoms with Crippen molar-refractivity contribution in [3.05, 3.63) is 51.3 Å². The Morgan fingerprint density at radius 1 is 1.19 bits per heavy atom. The summed E-state index contributed by atoms with van der Waals surface area (Å²) in [6.07, 6.45) is 2.95. The molecule has 2 aromatic carbocycles. The average molecular weight is 325 g/mol. The van der Waals surface area contributed by atoms with E-state index in [0.29, 0.717) is 22.2 Å². The van der Waals surface area contributed by atoms with Crippen LogP contribution < -0.4 is 4.74 Å². The van der Waals surface area contributed by atoms with Gasteiger partial charge >= 0.3 is 0 Å². The zero-order valence-corrected chi connectivity index (χ0v) is 13.2. The molecular weight excluding hydrogens is 310 g/mol. The predicted molar refractivity (Wildman–Crippen MR) is 85.1 cm³/mol. The minimum absolute atomic E-state index is 0.306. The van der Waals surface area contributed by atoms with Crippen molar-refractivity contribution >= 4 is 23.2 Å². The van der Waals surface area contributed by atoms with Crippen molar-refractivity contribution in [1.82, 2.24) is 0 Å². The van der Waals surface area contributed by atoms with E-state index in [2.05, 4.69) is 13.0 Å². The van der Waals surface area contributed by atoms with E-state index in [9.17, 15) is 4.39 Å². The summed E-state index contributed by atoms with van der Waals surface area (Å²) < 4.78 is 19.3. The Kier molecular flexibility index (Phi) is 4.10. The second-order valence-corrected chi connectivity index (χ2v) is 5.94. The molecule has 0 bridgehead atoms. The third-order valence-electron chi connectivity index (χ3n) is 3.83. The molecule has 0 saturated carbocycles. The van der Waals surface area contributed by atoms with Gasteiger partial charge in [0.05, 0.1) is 16.7 Å². The molecule has 110 valence electrons. The van der Waals surface area contributed by atoms with Crippen LogP contribution in [0.2, 0.25) is 10.0 Å². The summed E-state index contributed by atoms with van der Waals surface area (Å²) >= 11 is 12.4. The number of hydrogen-bond acceptors (Lipinski definition) is 1. The Balaban J connectivity index is 2.25. The van der Waals surface area contributed by atoms with Gasteiger partial charge in [0.25, 0.3) is 0 Å². The molecule has 0 spiro atoms. The van der Waals surface area contributed by atoms with Crippen molar-refractivity contribution in [1.29, 1.82) is 0 Å². The molecule has 3 rings (SSSR count). The minimum Gasteiger partial charge on any atom is -0.493 e. The fraction of sp³-hybridized carbons (Fsp3) is 0.294. The molecule has 0 fully saturated rings. The van der Waals surface area contributed by atoms with Gasteiger partial charge in [0.2, 0.25) is 0 Å². The molecule has 4 heteroatoms. The summed E-state index contributed by atoms with van der Waals surface area (Å²) in [6, 6.07) is 6.62. The summed E-state index contributed by atoms with van der Waals surface area (Å²) in [5.74, 6) is 0.407. The predicted octanol–water partition coefficient (Wildman–Crippen LogP) is 5.69. The Morgan fingerprint density at radius 2 is 1.90 bits per heavy atom. The van der Waals surface area contributed by atoms with Gasteiger partial charge in [-0.3, -0.25) is 0 Å². The van der Waals surface area contributed by atoms with Gasteiger partial charge in [-0.2, -0.15) is 0 Å². The number of benzene rings is 2. The van der Waals surface area contributed by atoms with E-state index in [0.717, 1.165) is 30.6 Å². The molecule has 1 nitrogen and oxygen atoms in total. The molecule has 0 atom stereocenters. The van der Waals surface area contributed by atoms with Crippen LogP contribution in [0.1, 0.15) is 24.5 Å². The summed E-state index contributed by atoms with van der Waals surface area (Å²) in [5, 5.41) is 0.612. The summed E-state index contributed by atoms with van der Waals surface area (Å²) in [6.45, 7) is 2.81. The van der Waals surface area contributed by atoms with Crippen LogP contribution in [0.15, 0.2) is 24.3 Å². The van der Waals surface area contributed by atoms with Crippen LogP contribution >= 0.6 is 23.2 Å². The van der Waals surface area contributed by atoms with Crippen LogP contribution in [0.4, 0.5) is 4.39 Å². The first-order valence-electron chi connectivity index (χ1n) is 7.04. The molecule has 1 aliphatic rings. The maximum atomic E-state index is 13.4. The van der Waals surface area contributed by atoms with Crippen LogP contribution in [0, 0.1) is 5.82 Å². The van der Waals surface area contributed by atoms with Crippen LogP contribution in [-0.2, 0) is 12.8 Å². The van der Waals surface area contributed by atoms with Gasteiger partial charge in [0.1, 0.15) is 11.6 Å². The molecule has 2 aromatic rings. The average Bonchev–Trinajstić information content (AvgIpc) is 2.46. The fourth-order valence-corrected chi connectivity index (χ4v) is 3.52. The molecule has 1 aliphatic heterocycles. The first-order valence-corrected chi connectivity index (χ1v) is 7.80. The zero-order chi connectivity index (χ0) is 15.0. The third-order valence-corrected chi connectivity index (χ3v) is 4.43. The minimum atomic E-state index is -0.436. The standard InChI is InChI=1S/C17H15Cl2FO/c1-2-10-5-6-13(17-12(10)4-3-7-21-17)16-14(18)8-11(20)9-15(16)19/h5-6,8-9H,2-4,7H2,1H3. The lowest BCUT2D eigenvalue weighted by Gasteiger charge is -2.24. The zero-order valence-electron chi connectivity index (χ0n) is 11.7. The van der Waals surface area contributed by atoms with E-state index in [4.69, 9.17) is 27.9 Å². The van der Waals surface area contributed by atoms with Crippen molar-refractivity contribution < 1.29 is 9.13 Å². The Morgan fingerprint density at radius 3 is 2.57 bits per heavy atom. The Hall–Kier alpha value is -1.25. The summed E-state index contributed by atoms with van der Waals surface area (Å²) in [5.41, 5.74) is 3.98. The highest BCUT2D eigenvalue weighted by Crippen LogP contribution is 2.44. The maximum absolute atomic E-state index is 13.4. The Bertz CT molecular complexity index is 674. The van der Waals surface area contributed by atoms with Gasteiger partial charge in [0.15, 0.2) is 0 Å². The van der Waals surface area contributed by atoms with E-state index in [1.807, 2.05) is 6.07 Å². The molecule has 0 N–H and O–H groups in total. The summed E-state index contributed by atoms with van der Waals surface area (Å²) in [7, 11) is 0. The van der Waals surface area contributed by atoms with Crippen molar-refractivity contribution in [2.24, 2.45) is 0 Å². The molecule has 0 unspecified atom stereocenters. The summed E-state index contributed by atoms with van der Waals surface area (Å²) in [4.78, 5) is 0. The Labute approximate surface area is 133 Å². The molecular formula is C17H15Cl2FO. The number of rotatable bonds is 2. The quantitative estimate of drug-likeness (QED) is 0.689. The molecule has 0 aliphatic carbocycles. The molecule has 0 saturated heterocycles. The van der Waals surface area contributed by atoms with Crippen LogP contribution in [0.25, 0.3) is 11.1 Å². The highest BCUT2D eigenvalue weighted by molar-refractivity contribution is 6.39. The van der Waals surface area contributed by atoms with Crippen LogP contribution in [0.3, 0.4) is 0 Å². The van der Waals surface area contributed by atoms with E-state index >= 15 is 0 Å². The topological polar surface area (TPSA) is 9.23 Å². The third kappa shape index (κ3) is 2.63. The molecule has 21 heavy (non-hydrogen) atoms. The molecule has 0 aromatic heterocycles. The smallest absolute Gasteiger partial charge is 0.130 e. The van der Waals surface area contributed by atoms with Crippen molar-refractivity contribution in [2.45, 2.75) is 26.2 Å². The van der Waals surface area contributed by atoms with E-state index in [1.54, 1.807) is 0 Å². The van der Waals surface area contributed by atoms with Crippen molar-refractivity contribution in [3.8, 4) is 16.9 Å². The monoisotopic (exact) mass is 324 g/mol. The van der Waals surface area contributed by atoms with Gasteiger partial charge in [-0.25, -0.2) is 4.39 Å². The van der Waals surface area contributed by atoms with Gasteiger partial charge in [-0.15, -0.1) is 0 Å². The first-order chi connectivity index (χ1) is 10.1. The number of ether oxygens (including phenoxy) is 1. The fourth-order valence-electron chi connectivity index (χ4n) is 2.86. The van der Waals surface area contributed by atoms with Gasteiger partial charge in [-0.1, -0.05) is 42.3 Å². The van der Waals surface area contributed by atoms with Gasteiger partial charge in [-0.05, 0) is 42.5 Å². The van der Waals surface area contributed by atoms with Crippen LogP contribution in [-0.4, -0.2) is 6.61 Å². The maximum Gasteiger partial charge on any atom is 0.130 e. The van der Waals surface area contributed by atoms with Crippen molar-refractivity contribution in [3.63, 3.8) is 0 Å². The second kappa shape index (κ2) is 5.86. The number of hydrogen-bond donors (Lipinski definition) is 0. The molecule has 1 heterocycles. The van der Waals surface area contributed by atoms with Crippen molar-refractivity contribution in [2.75, 3.05) is 6.61 Å².